The monoisotopic (exact) mass is 388 g/mol. The van der Waals surface area contributed by atoms with E-state index in [9.17, 15) is 4.79 Å². The van der Waals surface area contributed by atoms with E-state index in [1.54, 1.807) is 0 Å². The lowest BCUT2D eigenvalue weighted by molar-refractivity contribution is -0.124. The number of benzene rings is 1. The van der Waals surface area contributed by atoms with Crippen molar-refractivity contribution in [1.82, 2.24) is 10.6 Å². The third-order valence-electron chi connectivity index (χ3n) is 4.80. The van der Waals surface area contributed by atoms with Crippen LogP contribution in [0, 0.1) is 0 Å². The van der Waals surface area contributed by atoms with Crippen molar-refractivity contribution in [3.8, 4) is 0 Å². The van der Waals surface area contributed by atoms with Gasteiger partial charge in [-0.1, -0.05) is 38.3 Å². The van der Waals surface area contributed by atoms with Crippen molar-refractivity contribution in [2.75, 3.05) is 18.5 Å². The van der Waals surface area contributed by atoms with Gasteiger partial charge in [-0.15, -0.1) is 0 Å². The van der Waals surface area contributed by atoms with Crippen LogP contribution in [0.4, 0.5) is 5.69 Å². The van der Waals surface area contributed by atoms with Crippen LogP contribution in [0.25, 0.3) is 0 Å². The Morgan fingerprint density at radius 2 is 2.18 bits per heavy atom. The van der Waals surface area contributed by atoms with E-state index in [1.807, 2.05) is 24.3 Å². The van der Waals surface area contributed by atoms with E-state index in [0.29, 0.717) is 19.2 Å². The van der Waals surface area contributed by atoms with Gasteiger partial charge >= 0.3 is 0 Å². The average Bonchev–Trinajstić information content (AvgIpc) is 3.22. The first-order valence-corrected chi connectivity index (χ1v) is 10.7. The average molecular weight is 389 g/mol. The smallest absolute Gasteiger partial charge is 0.253 e. The minimum Gasteiger partial charge on any atom is -0.368 e. The molecular formula is C22H36N4O2. The van der Waals surface area contributed by atoms with Crippen LogP contribution >= 0.6 is 0 Å². The minimum absolute atomic E-state index is 0.0611. The van der Waals surface area contributed by atoms with Crippen molar-refractivity contribution in [3.63, 3.8) is 0 Å². The zero-order chi connectivity index (χ0) is 20.2. The van der Waals surface area contributed by atoms with Crippen molar-refractivity contribution in [3.05, 3.63) is 29.8 Å². The number of nitrogens with one attached hydrogen (secondary N) is 3. The molecule has 6 nitrogen and oxygen atoms in total. The van der Waals surface area contributed by atoms with Gasteiger partial charge in [0.1, 0.15) is 6.10 Å². The van der Waals surface area contributed by atoms with Crippen LogP contribution in [0.1, 0.15) is 64.9 Å². The lowest BCUT2D eigenvalue weighted by Gasteiger charge is -2.17. The number of hydrogen-bond donors (Lipinski definition) is 3. The molecule has 0 radical (unpaired) electrons. The molecule has 1 aromatic carbocycles. The standard InChI is InChI=1S/C22H36N4O2/c1-4-6-7-10-17(3)25-22(23-5-2)24-16-18-11-8-12-19(15-18)26-21(27)20-13-9-14-28-20/h8,11-12,15,17,20H,4-7,9-10,13-14,16H2,1-3H3,(H,26,27)(H2,23,24,25). The molecule has 0 aromatic heterocycles. The number of carbonyl (C=O) groups is 1. The normalized spacial score (nSPS) is 18.0. The third-order valence-corrected chi connectivity index (χ3v) is 4.80. The van der Waals surface area contributed by atoms with E-state index in [4.69, 9.17) is 9.73 Å². The first-order valence-electron chi connectivity index (χ1n) is 10.7. The largest absolute Gasteiger partial charge is 0.368 e. The summed E-state index contributed by atoms with van der Waals surface area (Å²) in [7, 11) is 0. The molecule has 3 N–H and O–H groups in total. The molecule has 1 aliphatic rings. The summed E-state index contributed by atoms with van der Waals surface area (Å²) in [6, 6.07) is 8.24. The number of anilines is 1. The summed E-state index contributed by atoms with van der Waals surface area (Å²) in [6.45, 7) is 8.54. The molecule has 1 saturated heterocycles. The molecule has 0 spiro atoms. The van der Waals surface area contributed by atoms with Gasteiger partial charge in [-0.25, -0.2) is 4.99 Å². The topological polar surface area (TPSA) is 74.8 Å². The fourth-order valence-corrected chi connectivity index (χ4v) is 3.25. The Kier molecular flexibility index (Phi) is 9.83. The summed E-state index contributed by atoms with van der Waals surface area (Å²) in [6.07, 6.45) is 6.30. The first-order chi connectivity index (χ1) is 13.6. The highest BCUT2D eigenvalue weighted by Gasteiger charge is 2.23. The molecule has 2 atom stereocenters. The maximum absolute atomic E-state index is 12.2. The molecule has 156 valence electrons. The lowest BCUT2D eigenvalue weighted by atomic mass is 10.1. The fraction of sp³-hybridized carbons (Fsp3) is 0.636. The number of amides is 1. The van der Waals surface area contributed by atoms with E-state index in [0.717, 1.165) is 43.0 Å². The Morgan fingerprint density at radius 3 is 2.89 bits per heavy atom. The van der Waals surface area contributed by atoms with Crippen molar-refractivity contribution in [2.24, 2.45) is 4.99 Å². The highest BCUT2D eigenvalue weighted by molar-refractivity contribution is 5.94. The van der Waals surface area contributed by atoms with Gasteiger partial charge in [-0.2, -0.15) is 0 Å². The van der Waals surface area contributed by atoms with E-state index < -0.39 is 0 Å². The van der Waals surface area contributed by atoms with Crippen LogP contribution in [0.15, 0.2) is 29.3 Å². The van der Waals surface area contributed by atoms with Crippen LogP contribution in [0.2, 0.25) is 0 Å². The highest BCUT2D eigenvalue weighted by atomic mass is 16.5. The van der Waals surface area contributed by atoms with Crippen molar-refractivity contribution in [1.29, 1.82) is 0 Å². The molecule has 0 aliphatic carbocycles. The molecule has 6 heteroatoms. The quantitative estimate of drug-likeness (QED) is 0.323. The third kappa shape index (κ3) is 7.89. The molecule has 1 amide bonds. The molecule has 0 bridgehead atoms. The molecular weight excluding hydrogens is 352 g/mol. The van der Waals surface area contributed by atoms with Gasteiger partial charge < -0.3 is 20.7 Å². The predicted molar refractivity (Wildman–Crippen MR) is 116 cm³/mol. The maximum Gasteiger partial charge on any atom is 0.253 e. The molecule has 28 heavy (non-hydrogen) atoms. The van der Waals surface area contributed by atoms with Gasteiger partial charge in [0, 0.05) is 24.9 Å². The summed E-state index contributed by atoms with van der Waals surface area (Å²) >= 11 is 0. The summed E-state index contributed by atoms with van der Waals surface area (Å²) in [5, 5.41) is 9.75. The second-order valence-electron chi connectivity index (χ2n) is 7.43. The van der Waals surface area contributed by atoms with E-state index in [2.05, 4.69) is 36.7 Å². The second kappa shape index (κ2) is 12.4. The summed E-state index contributed by atoms with van der Waals surface area (Å²) in [4.78, 5) is 16.9. The van der Waals surface area contributed by atoms with Crippen LogP contribution < -0.4 is 16.0 Å². The zero-order valence-corrected chi connectivity index (χ0v) is 17.6. The predicted octanol–water partition coefficient (Wildman–Crippen LogP) is 3.83. The van der Waals surface area contributed by atoms with E-state index in [-0.39, 0.29) is 12.0 Å². The summed E-state index contributed by atoms with van der Waals surface area (Å²) in [5.41, 5.74) is 1.85. The van der Waals surface area contributed by atoms with Crippen molar-refractivity contribution in [2.45, 2.75) is 78.0 Å². The summed E-state index contributed by atoms with van der Waals surface area (Å²) in [5.74, 6) is 0.773. The molecule has 1 aliphatic heterocycles. The Balaban J connectivity index is 1.91. The Morgan fingerprint density at radius 1 is 1.32 bits per heavy atom. The zero-order valence-electron chi connectivity index (χ0n) is 17.6. The Hall–Kier alpha value is -2.08. The van der Waals surface area contributed by atoms with Gasteiger partial charge in [0.15, 0.2) is 5.96 Å². The number of rotatable bonds is 10. The van der Waals surface area contributed by atoms with Crippen molar-refractivity contribution < 1.29 is 9.53 Å². The molecule has 1 fully saturated rings. The van der Waals surface area contributed by atoms with Gasteiger partial charge in [-0.05, 0) is 50.8 Å². The maximum atomic E-state index is 12.2. The number of nitrogens with zero attached hydrogens (tertiary/aromatic N) is 1. The Labute approximate surface area is 169 Å². The van der Waals surface area contributed by atoms with Gasteiger partial charge in [0.2, 0.25) is 0 Å². The van der Waals surface area contributed by atoms with Gasteiger partial charge in [-0.3, -0.25) is 4.79 Å². The first kappa shape index (κ1) is 22.2. The number of hydrogen-bond acceptors (Lipinski definition) is 3. The van der Waals surface area contributed by atoms with Crippen LogP contribution in [0.3, 0.4) is 0 Å². The number of ether oxygens (including phenoxy) is 1. The molecule has 2 unspecified atom stereocenters. The van der Waals surface area contributed by atoms with Crippen LogP contribution in [-0.4, -0.2) is 37.2 Å². The molecule has 1 heterocycles. The molecule has 1 aromatic rings. The molecule has 0 saturated carbocycles. The highest BCUT2D eigenvalue weighted by Crippen LogP contribution is 2.16. The number of carbonyl (C=O) groups excluding carboxylic acids is 1. The number of aliphatic imine (C=N–C) groups is 1. The fourth-order valence-electron chi connectivity index (χ4n) is 3.25. The number of guanidine groups is 1. The summed E-state index contributed by atoms with van der Waals surface area (Å²) < 4.78 is 5.44. The second-order valence-corrected chi connectivity index (χ2v) is 7.43. The van der Waals surface area contributed by atoms with Gasteiger partial charge in [0.25, 0.3) is 5.91 Å². The van der Waals surface area contributed by atoms with Crippen LogP contribution in [-0.2, 0) is 16.1 Å². The van der Waals surface area contributed by atoms with Crippen molar-refractivity contribution >= 4 is 17.6 Å². The van der Waals surface area contributed by atoms with E-state index in [1.165, 1.54) is 19.3 Å². The molecule has 2 rings (SSSR count). The SMILES string of the molecule is CCCCCC(C)NC(=NCc1cccc(NC(=O)C2CCCO2)c1)NCC. The Bertz CT molecular complexity index is 627. The van der Waals surface area contributed by atoms with E-state index >= 15 is 0 Å². The lowest BCUT2D eigenvalue weighted by Crippen LogP contribution is -2.42. The van der Waals surface area contributed by atoms with Gasteiger partial charge in [0.05, 0.1) is 6.54 Å². The number of unbranched alkanes of at least 4 members (excludes halogenated alkanes) is 2. The van der Waals surface area contributed by atoms with Crippen LogP contribution in [0.5, 0.6) is 0 Å². The minimum atomic E-state index is -0.319.